The summed E-state index contributed by atoms with van der Waals surface area (Å²) < 4.78 is 0. The fraction of sp³-hybridized carbons (Fsp3) is 0.455. The Hall–Kier alpha value is -0.820. The van der Waals surface area contributed by atoms with Crippen molar-refractivity contribution >= 4 is 0 Å². The van der Waals surface area contributed by atoms with Gasteiger partial charge in [0.15, 0.2) is 0 Å². The first-order chi connectivity index (χ1) is 5.82. The summed E-state index contributed by atoms with van der Waals surface area (Å²) in [5.41, 5.74) is 2.86. The Morgan fingerprint density at radius 1 is 1.42 bits per heavy atom. The molecule has 0 aliphatic heterocycles. The van der Waals surface area contributed by atoms with E-state index in [1.54, 1.807) is 0 Å². The minimum atomic E-state index is 0.0938. The van der Waals surface area contributed by atoms with Gasteiger partial charge in [-0.25, -0.2) is 0 Å². The van der Waals surface area contributed by atoms with E-state index in [0.29, 0.717) is 6.61 Å². The second-order valence-electron chi connectivity index (χ2n) is 3.63. The van der Waals surface area contributed by atoms with Gasteiger partial charge in [0.05, 0.1) is 6.61 Å². The third kappa shape index (κ3) is 0.831. The van der Waals surface area contributed by atoms with Gasteiger partial charge in [0.1, 0.15) is 0 Å². The molecule has 0 saturated heterocycles. The van der Waals surface area contributed by atoms with Crippen LogP contribution in [0.5, 0.6) is 0 Å². The monoisotopic (exact) mass is 162 g/mol. The van der Waals surface area contributed by atoms with Gasteiger partial charge in [0.25, 0.3) is 0 Å². The number of fused-ring (bicyclic) bond motifs is 1. The van der Waals surface area contributed by atoms with Crippen molar-refractivity contribution in [1.82, 2.24) is 0 Å². The van der Waals surface area contributed by atoms with Crippen molar-refractivity contribution in [2.45, 2.75) is 25.2 Å². The molecular weight excluding hydrogens is 148 g/mol. The maximum atomic E-state index is 9.28. The van der Waals surface area contributed by atoms with E-state index in [4.69, 9.17) is 0 Å². The van der Waals surface area contributed by atoms with Gasteiger partial charge < -0.3 is 5.11 Å². The van der Waals surface area contributed by atoms with Crippen LogP contribution < -0.4 is 0 Å². The molecule has 1 nitrogen and oxygen atoms in total. The van der Waals surface area contributed by atoms with Crippen LogP contribution in [0.25, 0.3) is 0 Å². The molecule has 1 aliphatic rings. The first kappa shape index (κ1) is 7.81. The van der Waals surface area contributed by atoms with Crippen molar-refractivity contribution < 1.29 is 5.11 Å². The molecule has 0 fully saturated rings. The van der Waals surface area contributed by atoms with E-state index in [-0.39, 0.29) is 5.41 Å². The number of aliphatic hydroxyl groups excluding tert-OH is 1. The highest BCUT2D eigenvalue weighted by Crippen LogP contribution is 2.42. The van der Waals surface area contributed by atoms with Crippen LogP contribution in [0.2, 0.25) is 0 Å². The van der Waals surface area contributed by atoms with Crippen LogP contribution in [0.1, 0.15) is 24.5 Å². The van der Waals surface area contributed by atoms with Crippen molar-refractivity contribution in [3.05, 3.63) is 35.4 Å². The molecule has 1 aromatic rings. The van der Waals surface area contributed by atoms with E-state index in [2.05, 4.69) is 31.2 Å². The highest BCUT2D eigenvalue weighted by atomic mass is 16.3. The zero-order chi connectivity index (χ0) is 8.60. The van der Waals surface area contributed by atoms with E-state index in [9.17, 15) is 5.11 Å². The summed E-state index contributed by atoms with van der Waals surface area (Å²) in [5, 5.41) is 9.28. The van der Waals surface area contributed by atoms with Gasteiger partial charge in [-0.2, -0.15) is 0 Å². The predicted octanol–water partition coefficient (Wildman–Crippen LogP) is 1.88. The lowest BCUT2D eigenvalue weighted by atomic mass is 9.63. The quantitative estimate of drug-likeness (QED) is 0.704. The fourth-order valence-electron chi connectivity index (χ4n) is 2.11. The average Bonchev–Trinajstić information content (AvgIpc) is 2.09. The van der Waals surface area contributed by atoms with Crippen molar-refractivity contribution in [3.8, 4) is 0 Å². The van der Waals surface area contributed by atoms with Crippen LogP contribution in [-0.2, 0) is 11.8 Å². The molecule has 0 radical (unpaired) electrons. The van der Waals surface area contributed by atoms with Crippen LogP contribution in [0.3, 0.4) is 0 Å². The van der Waals surface area contributed by atoms with Crippen LogP contribution in [0.15, 0.2) is 24.3 Å². The molecule has 0 spiro atoms. The molecule has 64 valence electrons. The lowest BCUT2D eigenvalue weighted by molar-refractivity contribution is 0.167. The fourth-order valence-corrected chi connectivity index (χ4v) is 2.11. The highest BCUT2D eigenvalue weighted by Gasteiger charge is 2.39. The Labute approximate surface area is 73.0 Å². The smallest absolute Gasteiger partial charge is 0.0531 e. The summed E-state index contributed by atoms with van der Waals surface area (Å²) in [6, 6.07) is 8.41. The van der Waals surface area contributed by atoms with E-state index in [0.717, 1.165) is 12.8 Å². The van der Waals surface area contributed by atoms with E-state index in [1.807, 2.05) is 0 Å². The lowest BCUT2D eigenvalue weighted by Crippen LogP contribution is -2.41. The second-order valence-corrected chi connectivity index (χ2v) is 3.63. The molecule has 1 aliphatic carbocycles. The number of hydrogen-bond donors (Lipinski definition) is 1. The molecule has 1 aromatic carbocycles. The first-order valence-electron chi connectivity index (χ1n) is 4.51. The lowest BCUT2D eigenvalue weighted by Gasteiger charge is -2.42. The van der Waals surface area contributed by atoms with Crippen molar-refractivity contribution in [2.75, 3.05) is 6.61 Å². The Bertz CT molecular complexity index is 287. The zero-order valence-electron chi connectivity index (χ0n) is 7.38. The molecular formula is C11H14O. The molecule has 0 bridgehead atoms. The van der Waals surface area contributed by atoms with Crippen LogP contribution in [-0.4, -0.2) is 11.7 Å². The SMILES string of the molecule is CCC1(CO)Cc2ccccc21. The summed E-state index contributed by atoms with van der Waals surface area (Å²) in [4.78, 5) is 0. The van der Waals surface area contributed by atoms with Gasteiger partial charge in [-0.3, -0.25) is 0 Å². The molecule has 0 amide bonds. The number of hydrogen-bond acceptors (Lipinski definition) is 1. The van der Waals surface area contributed by atoms with Gasteiger partial charge in [-0.05, 0) is 24.0 Å². The van der Waals surface area contributed by atoms with Crippen LogP contribution in [0.4, 0.5) is 0 Å². The normalized spacial score (nSPS) is 26.2. The van der Waals surface area contributed by atoms with Gasteiger partial charge in [-0.1, -0.05) is 31.2 Å². The summed E-state index contributed by atoms with van der Waals surface area (Å²) >= 11 is 0. The van der Waals surface area contributed by atoms with Gasteiger partial charge in [0.2, 0.25) is 0 Å². The summed E-state index contributed by atoms with van der Waals surface area (Å²) in [7, 11) is 0. The number of benzene rings is 1. The average molecular weight is 162 g/mol. The standard InChI is InChI=1S/C11H14O/c1-2-11(8-12)7-9-5-3-4-6-10(9)11/h3-6,12H,2,7-8H2,1H3. The zero-order valence-corrected chi connectivity index (χ0v) is 7.38. The minimum absolute atomic E-state index is 0.0938. The molecule has 12 heavy (non-hydrogen) atoms. The summed E-state index contributed by atoms with van der Waals surface area (Å²) in [6.45, 7) is 2.44. The number of rotatable bonds is 2. The van der Waals surface area contributed by atoms with Crippen LogP contribution in [0, 0.1) is 0 Å². The third-order valence-corrected chi connectivity index (χ3v) is 3.10. The topological polar surface area (TPSA) is 20.2 Å². The summed E-state index contributed by atoms with van der Waals surface area (Å²) in [6.07, 6.45) is 2.09. The van der Waals surface area contributed by atoms with Crippen molar-refractivity contribution in [3.63, 3.8) is 0 Å². The van der Waals surface area contributed by atoms with Crippen LogP contribution >= 0.6 is 0 Å². The molecule has 0 aromatic heterocycles. The number of aliphatic hydroxyl groups is 1. The molecule has 0 heterocycles. The Balaban J connectivity index is 2.39. The van der Waals surface area contributed by atoms with Gasteiger partial charge >= 0.3 is 0 Å². The Morgan fingerprint density at radius 2 is 2.17 bits per heavy atom. The minimum Gasteiger partial charge on any atom is -0.395 e. The maximum Gasteiger partial charge on any atom is 0.0531 e. The van der Waals surface area contributed by atoms with Gasteiger partial charge in [0, 0.05) is 5.41 Å². The summed E-state index contributed by atoms with van der Waals surface area (Å²) in [5.74, 6) is 0. The highest BCUT2D eigenvalue weighted by molar-refractivity contribution is 5.45. The van der Waals surface area contributed by atoms with E-state index < -0.39 is 0 Å². The molecule has 1 atom stereocenters. The molecule has 2 rings (SSSR count). The largest absolute Gasteiger partial charge is 0.395 e. The molecule has 1 N–H and O–H groups in total. The first-order valence-corrected chi connectivity index (χ1v) is 4.51. The van der Waals surface area contributed by atoms with Gasteiger partial charge in [-0.15, -0.1) is 0 Å². The maximum absolute atomic E-state index is 9.28. The van der Waals surface area contributed by atoms with Crippen molar-refractivity contribution in [2.24, 2.45) is 0 Å². The third-order valence-electron chi connectivity index (χ3n) is 3.10. The Kier molecular flexibility index (Phi) is 1.69. The Morgan fingerprint density at radius 3 is 2.75 bits per heavy atom. The second kappa shape index (κ2) is 2.60. The molecule has 0 saturated carbocycles. The van der Waals surface area contributed by atoms with E-state index >= 15 is 0 Å². The molecule has 1 unspecified atom stereocenters. The molecule has 1 heteroatoms. The van der Waals surface area contributed by atoms with E-state index in [1.165, 1.54) is 11.1 Å². The van der Waals surface area contributed by atoms with Crippen molar-refractivity contribution in [1.29, 1.82) is 0 Å². The predicted molar refractivity (Wildman–Crippen MR) is 49.2 cm³/mol.